The minimum Gasteiger partial charge on any atom is -0.493 e. The lowest BCUT2D eigenvalue weighted by Crippen LogP contribution is -2.33. The molecule has 3 aromatic heterocycles. The Labute approximate surface area is 371 Å². The van der Waals surface area contributed by atoms with Crippen molar-refractivity contribution in [2.24, 2.45) is 0 Å². The Morgan fingerprint density at radius 2 is 1.72 bits per heavy atom. The van der Waals surface area contributed by atoms with E-state index in [2.05, 4.69) is 36.8 Å². The van der Waals surface area contributed by atoms with E-state index < -0.39 is 29.2 Å². The summed E-state index contributed by atoms with van der Waals surface area (Å²) in [7, 11) is 4.38. The molecule has 0 saturated heterocycles. The Bertz CT molecular complexity index is 3000. The van der Waals surface area contributed by atoms with Crippen LogP contribution in [0.5, 0.6) is 23.0 Å². The van der Waals surface area contributed by atoms with Crippen LogP contribution in [0.25, 0.3) is 33.5 Å². The van der Waals surface area contributed by atoms with Crippen LogP contribution in [0.15, 0.2) is 97.6 Å². The average Bonchev–Trinajstić information content (AvgIpc) is 3.89. The Morgan fingerprint density at radius 1 is 0.938 bits per heavy atom. The summed E-state index contributed by atoms with van der Waals surface area (Å²) in [4.78, 5) is 60.9. The second-order valence-electron chi connectivity index (χ2n) is 15.4. The quantitative estimate of drug-likeness (QED) is 0.0510. The molecule has 4 aromatic carbocycles. The maximum Gasteiger partial charge on any atom is 0.258 e. The summed E-state index contributed by atoms with van der Waals surface area (Å²) in [6.45, 7) is 5.22. The van der Waals surface area contributed by atoms with Crippen molar-refractivity contribution in [3.8, 4) is 45.6 Å². The van der Waals surface area contributed by atoms with Gasteiger partial charge in [0.1, 0.15) is 48.4 Å². The number of aromatic amines is 2. The van der Waals surface area contributed by atoms with Crippen LogP contribution in [-0.2, 0) is 4.79 Å². The number of fused-ring (bicyclic) bond motifs is 1. The van der Waals surface area contributed by atoms with Gasteiger partial charge in [0.15, 0.2) is 23.1 Å². The van der Waals surface area contributed by atoms with E-state index in [0.717, 1.165) is 40.9 Å². The van der Waals surface area contributed by atoms with Crippen molar-refractivity contribution < 1.29 is 42.1 Å². The number of nitrogens with zero attached hydrogens (tertiary/aromatic N) is 4. The Balaban J connectivity index is 0.914. The number of ketones is 1. The highest BCUT2D eigenvalue weighted by Crippen LogP contribution is 2.42. The molecule has 8 rings (SSSR count). The molecule has 2 amide bonds. The maximum absolute atomic E-state index is 15.2. The molecule has 3 heterocycles. The van der Waals surface area contributed by atoms with Gasteiger partial charge in [0.2, 0.25) is 11.5 Å². The van der Waals surface area contributed by atoms with E-state index in [1.54, 1.807) is 13.0 Å². The zero-order chi connectivity index (χ0) is 45.9. The van der Waals surface area contributed by atoms with Gasteiger partial charge in [-0.05, 0) is 79.3 Å². The third-order valence-electron chi connectivity index (χ3n) is 11.1. The number of imidazole rings is 1. The smallest absolute Gasteiger partial charge is 0.258 e. The minimum absolute atomic E-state index is 0.0167. The first-order chi connectivity index (χ1) is 31.3. The van der Waals surface area contributed by atoms with Gasteiger partial charge < -0.3 is 44.9 Å². The molecule has 332 valence electrons. The molecule has 1 aliphatic rings. The maximum atomic E-state index is 15.2. The monoisotopic (exact) mass is 882 g/mol. The molecule has 15 nitrogen and oxygen atoms in total. The summed E-state index contributed by atoms with van der Waals surface area (Å²) in [6, 6.07) is 17.6. The number of para-hydroxylation sites is 1. The number of benzene rings is 4. The van der Waals surface area contributed by atoms with Crippen LogP contribution in [0.1, 0.15) is 56.3 Å². The third kappa shape index (κ3) is 9.07. The molecule has 0 radical (unpaired) electrons. The number of likely N-dealkylation sites (N-methyl/N-ethyl adjacent to an activating group) is 1. The summed E-state index contributed by atoms with van der Waals surface area (Å²) >= 11 is 0. The molecule has 1 saturated carbocycles. The number of nitrogen functional groups attached to an aromatic ring is 1. The van der Waals surface area contributed by atoms with Crippen LogP contribution in [0.2, 0.25) is 0 Å². The van der Waals surface area contributed by atoms with E-state index in [1.807, 2.05) is 30.5 Å². The highest BCUT2D eigenvalue weighted by atomic mass is 19.1. The Kier molecular flexibility index (Phi) is 12.3. The summed E-state index contributed by atoms with van der Waals surface area (Å²) in [6.07, 6.45) is 6.42. The number of rotatable bonds is 17. The molecular weight excluding hydrogens is 839 g/mol. The van der Waals surface area contributed by atoms with Crippen molar-refractivity contribution >= 4 is 40.0 Å². The second kappa shape index (κ2) is 18.3. The van der Waals surface area contributed by atoms with Crippen molar-refractivity contribution in [2.75, 3.05) is 52.1 Å². The molecule has 0 spiro atoms. The van der Waals surface area contributed by atoms with Crippen LogP contribution in [-0.4, -0.2) is 88.4 Å². The molecule has 65 heavy (non-hydrogen) atoms. The lowest BCUT2D eigenvalue weighted by atomic mass is 10.0. The van der Waals surface area contributed by atoms with Crippen LogP contribution in [0, 0.1) is 18.6 Å². The topological polar surface area (TPSA) is 200 Å². The van der Waals surface area contributed by atoms with Crippen molar-refractivity contribution in [3.05, 3.63) is 137 Å². The number of carbonyl (C=O) groups excluding carboxylic acids is 3. The predicted molar refractivity (Wildman–Crippen MR) is 240 cm³/mol. The van der Waals surface area contributed by atoms with Gasteiger partial charge >= 0.3 is 0 Å². The number of nitrogens with one attached hydrogen (secondary N) is 3. The number of methoxy groups -OCH3 is 2. The van der Waals surface area contributed by atoms with Crippen LogP contribution in [0.3, 0.4) is 0 Å². The number of carbonyl (C=O) groups is 3. The molecule has 7 aromatic rings. The second-order valence-corrected chi connectivity index (χ2v) is 15.4. The molecule has 0 bridgehead atoms. The highest BCUT2D eigenvalue weighted by Gasteiger charge is 2.27. The normalized spacial score (nSPS) is 12.2. The van der Waals surface area contributed by atoms with Gasteiger partial charge in [-0.15, -0.1) is 0 Å². The van der Waals surface area contributed by atoms with Gasteiger partial charge in [0, 0.05) is 52.1 Å². The number of aromatic nitrogens is 5. The molecule has 1 fully saturated rings. The molecule has 17 heteroatoms. The Hall–Kier alpha value is -8.08. The highest BCUT2D eigenvalue weighted by molar-refractivity contribution is 6.09. The van der Waals surface area contributed by atoms with Gasteiger partial charge in [-0.2, -0.15) is 0 Å². The van der Waals surface area contributed by atoms with Gasteiger partial charge in [0.25, 0.3) is 11.8 Å². The number of hydrogen-bond donors (Lipinski definition) is 4. The molecule has 1 aliphatic carbocycles. The fourth-order valence-electron chi connectivity index (χ4n) is 7.40. The zero-order valence-corrected chi connectivity index (χ0v) is 35.9. The number of nitrogens with two attached hydrogens (primary N) is 1. The lowest BCUT2D eigenvalue weighted by Gasteiger charge is -2.21. The summed E-state index contributed by atoms with van der Waals surface area (Å²) < 4.78 is 53.2. The SMILES string of the molecule is C=C(COc1cc(C(=O)c2cnc(-c3c[nH]c4ccccc34)[nH]2)cc(OC)c1OC)C(=O)N(C)CCOc1c(N)ncnc1-c1cc(F)cc(NC(=O)c2ccc(C3CC3)cc2F)c1C. The van der Waals surface area contributed by atoms with Crippen LogP contribution in [0.4, 0.5) is 20.3 Å². The molecule has 0 atom stereocenters. The van der Waals surface area contributed by atoms with Gasteiger partial charge in [-0.25, -0.2) is 23.7 Å². The van der Waals surface area contributed by atoms with Crippen molar-refractivity contribution in [1.82, 2.24) is 29.8 Å². The van der Waals surface area contributed by atoms with Crippen molar-refractivity contribution in [2.45, 2.75) is 25.7 Å². The van der Waals surface area contributed by atoms with E-state index in [4.69, 9.17) is 24.7 Å². The first-order valence-electron chi connectivity index (χ1n) is 20.5. The molecule has 0 unspecified atom stereocenters. The summed E-state index contributed by atoms with van der Waals surface area (Å²) in [5.41, 5.74) is 9.98. The average molecular weight is 883 g/mol. The largest absolute Gasteiger partial charge is 0.493 e. The zero-order valence-electron chi connectivity index (χ0n) is 35.9. The molecule has 5 N–H and O–H groups in total. The van der Waals surface area contributed by atoms with Gasteiger partial charge in [0.05, 0.1) is 32.5 Å². The summed E-state index contributed by atoms with van der Waals surface area (Å²) in [5, 5.41) is 3.57. The van der Waals surface area contributed by atoms with E-state index in [-0.39, 0.29) is 87.9 Å². The van der Waals surface area contributed by atoms with Crippen molar-refractivity contribution in [3.63, 3.8) is 0 Å². The number of ether oxygens (including phenoxy) is 4. The number of amides is 2. The fourth-order valence-corrected chi connectivity index (χ4v) is 7.40. The first-order valence-corrected chi connectivity index (χ1v) is 20.5. The van der Waals surface area contributed by atoms with Gasteiger partial charge in [-0.1, -0.05) is 30.8 Å². The number of halogens is 2. The molecular formula is C48H44F2N8O7. The third-order valence-corrected chi connectivity index (χ3v) is 11.1. The summed E-state index contributed by atoms with van der Waals surface area (Å²) in [5.74, 6) is -1.66. The number of H-pyrrole nitrogens is 2. The van der Waals surface area contributed by atoms with E-state index >= 15 is 4.39 Å². The van der Waals surface area contributed by atoms with Crippen LogP contribution < -0.4 is 30.0 Å². The van der Waals surface area contributed by atoms with Crippen LogP contribution >= 0.6 is 0 Å². The van der Waals surface area contributed by atoms with E-state index in [0.29, 0.717) is 17.3 Å². The number of hydrogen-bond acceptors (Lipinski definition) is 11. The first kappa shape index (κ1) is 43.6. The lowest BCUT2D eigenvalue weighted by molar-refractivity contribution is -0.126. The minimum atomic E-state index is -0.743. The number of anilines is 2. The Morgan fingerprint density at radius 3 is 2.48 bits per heavy atom. The fraction of sp³-hybridized carbons (Fsp3) is 0.208. The molecule has 0 aliphatic heterocycles. The predicted octanol–water partition coefficient (Wildman–Crippen LogP) is 8.03. The van der Waals surface area contributed by atoms with Gasteiger partial charge in [-0.3, -0.25) is 14.4 Å². The van der Waals surface area contributed by atoms with E-state index in [9.17, 15) is 18.8 Å². The van der Waals surface area contributed by atoms with E-state index in [1.165, 1.54) is 69.0 Å². The van der Waals surface area contributed by atoms with Crippen molar-refractivity contribution in [1.29, 1.82) is 0 Å². The standard InChI is InChI=1S/C48H44F2N8O7/c1-25(23-65-40-18-29(17-39(62-4)43(40)63-5)42(59)38-22-53-46(56-38)34-21-52-36-9-7-6-8-31(34)36)48(61)58(3)14-15-64-44-41(54-24-55-45(44)51)33-19-30(49)20-37(26(33)2)57-47(60)32-13-12-28(16-35(32)50)27-10-11-27/h6-9,12-13,16-22,24,27,52H,1,10-11,14-15,23H2,2-5H3,(H,53,56)(H,57,60)(H2,51,54,55).